The van der Waals surface area contributed by atoms with Gasteiger partial charge in [0.15, 0.2) is 0 Å². The summed E-state index contributed by atoms with van der Waals surface area (Å²) in [7, 11) is 0. The molecule has 10 nitrogen and oxygen atoms in total. The Bertz CT molecular complexity index is 1280. The van der Waals surface area contributed by atoms with Crippen LogP contribution in [0.2, 0.25) is 0 Å². The molecule has 0 aromatic heterocycles. The lowest BCUT2D eigenvalue weighted by molar-refractivity contribution is -0.141. The minimum Gasteiger partial charge on any atom is -0.490 e. The Hall–Kier alpha value is -4.60. The van der Waals surface area contributed by atoms with Crippen molar-refractivity contribution in [3.63, 3.8) is 0 Å². The molecule has 0 radical (unpaired) electrons. The SMILES string of the molecule is C=CC(=O)OCCOc1cc2c(cc1CC)C1(CC(=O)O2)CC(=O)Oc2cc(OCCOC(=O)C=C)c(CC)cc21. The van der Waals surface area contributed by atoms with Crippen LogP contribution in [0.3, 0.4) is 0 Å². The molecule has 2 aromatic rings. The summed E-state index contributed by atoms with van der Waals surface area (Å²) in [5.41, 5.74) is 2.02. The van der Waals surface area contributed by atoms with Crippen LogP contribution in [-0.2, 0) is 46.9 Å². The van der Waals surface area contributed by atoms with E-state index < -0.39 is 29.3 Å². The predicted octanol–water partition coefficient (Wildman–Crippen LogP) is 3.93. The van der Waals surface area contributed by atoms with Crippen LogP contribution >= 0.6 is 0 Å². The zero-order valence-electron chi connectivity index (χ0n) is 23.1. The highest BCUT2D eigenvalue weighted by Gasteiger charge is 2.50. The van der Waals surface area contributed by atoms with Crippen molar-refractivity contribution in [2.24, 2.45) is 0 Å². The second kappa shape index (κ2) is 12.7. The molecule has 1 spiro atoms. The molecule has 0 N–H and O–H groups in total. The normalized spacial score (nSPS) is 14.6. The van der Waals surface area contributed by atoms with Gasteiger partial charge in [-0.05, 0) is 36.1 Å². The number of benzene rings is 2. The van der Waals surface area contributed by atoms with Crippen LogP contribution in [0.4, 0.5) is 0 Å². The number of esters is 4. The van der Waals surface area contributed by atoms with E-state index in [1.54, 1.807) is 12.1 Å². The first-order chi connectivity index (χ1) is 19.7. The number of rotatable bonds is 12. The van der Waals surface area contributed by atoms with Gasteiger partial charge in [-0.15, -0.1) is 0 Å². The Balaban J connectivity index is 1.71. The number of carbonyl (C=O) groups excluding carboxylic acids is 4. The van der Waals surface area contributed by atoms with Gasteiger partial charge in [-0.2, -0.15) is 0 Å². The number of hydrogen-bond donors (Lipinski definition) is 0. The van der Waals surface area contributed by atoms with Crippen LogP contribution in [-0.4, -0.2) is 50.3 Å². The molecule has 0 unspecified atom stereocenters. The Morgan fingerprint density at radius 3 is 1.54 bits per heavy atom. The van der Waals surface area contributed by atoms with Gasteiger partial charge in [0.05, 0.1) is 12.8 Å². The van der Waals surface area contributed by atoms with Crippen molar-refractivity contribution in [3.8, 4) is 23.0 Å². The number of carbonyl (C=O) groups is 4. The second-order valence-electron chi connectivity index (χ2n) is 9.44. The van der Waals surface area contributed by atoms with Gasteiger partial charge in [0, 0.05) is 40.8 Å². The van der Waals surface area contributed by atoms with Crippen LogP contribution in [0.15, 0.2) is 49.6 Å². The van der Waals surface area contributed by atoms with Gasteiger partial charge in [0.25, 0.3) is 0 Å². The molecule has 0 aliphatic carbocycles. The number of fused-ring (bicyclic) bond motifs is 4. The van der Waals surface area contributed by atoms with Crippen LogP contribution in [0.25, 0.3) is 0 Å². The van der Waals surface area contributed by atoms with E-state index in [0.717, 1.165) is 23.3 Å². The Morgan fingerprint density at radius 1 is 0.756 bits per heavy atom. The molecular weight excluding hydrogens is 532 g/mol. The maximum Gasteiger partial charge on any atom is 0.330 e. The lowest BCUT2D eigenvalue weighted by Gasteiger charge is -2.41. The Labute approximate surface area is 237 Å². The van der Waals surface area contributed by atoms with Gasteiger partial charge in [0.1, 0.15) is 49.4 Å². The molecule has 0 saturated heterocycles. The van der Waals surface area contributed by atoms with Crippen molar-refractivity contribution in [2.45, 2.75) is 44.9 Å². The summed E-state index contributed by atoms with van der Waals surface area (Å²) in [6.07, 6.45) is 3.23. The minimum atomic E-state index is -1.01. The average molecular weight is 565 g/mol. The molecule has 41 heavy (non-hydrogen) atoms. The second-order valence-corrected chi connectivity index (χ2v) is 9.44. The highest BCUT2D eigenvalue weighted by Crippen LogP contribution is 2.54. The first-order valence-electron chi connectivity index (χ1n) is 13.3. The third-order valence-corrected chi connectivity index (χ3v) is 6.96. The van der Waals surface area contributed by atoms with Gasteiger partial charge < -0.3 is 28.4 Å². The van der Waals surface area contributed by atoms with Crippen molar-refractivity contribution >= 4 is 23.9 Å². The largest absolute Gasteiger partial charge is 0.490 e. The van der Waals surface area contributed by atoms with Crippen LogP contribution < -0.4 is 18.9 Å². The average Bonchev–Trinajstić information content (AvgIpc) is 2.96. The fourth-order valence-corrected chi connectivity index (χ4v) is 5.05. The topological polar surface area (TPSA) is 124 Å². The standard InChI is InChI=1S/C31H32O10/c1-5-19-13-21-25(15-23(19)36-9-11-38-27(32)7-3)40-29(34)17-31(21)18-30(35)41-26-16-24(20(6-2)14-22(26)31)37-10-12-39-28(33)8-4/h7-8,13-16H,3-6,9-12,17-18H2,1-2H3. The number of aryl methyl sites for hydroxylation is 2. The predicted molar refractivity (Wildman–Crippen MR) is 146 cm³/mol. The first kappa shape index (κ1) is 29.4. The first-order valence-corrected chi connectivity index (χ1v) is 13.3. The summed E-state index contributed by atoms with van der Waals surface area (Å²) >= 11 is 0. The minimum absolute atomic E-state index is 0.0227. The van der Waals surface area contributed by atoms with Crippen molar-refractivity contribution in [1.82, 2.24) is 0 Å². The highest BCUT2D eigenvalue weighted by molar-refractivity contribution is 5.87. The summed E-state index contributed by atoms with van der Waals surface area (Å²) in [6.45, 7) is 10.9. The maximum absolute atomic E-state index is 13.0. The van der Waals surface area contributed by atoms with Crippen LogP contribution in [0.1, 0.15) is 48.9 Å². The molecule has 0 atom stereocenters. The summed E-state index contributed by atoms with van der Waals surface area (Å²) in [4.78, 5) is 48.6. The monoisotopic (exact) mass is 564 g/mol. The quantitative estimate of drug-likeness (QED) is 0.162. The summed E-state index contributed by atoms with van der Waals surface area (Å²) in [5.74, 6) is -0.529. The van der Waals surface area contributed by atoms with Crippen LogP contribution in [0, 0.1) is 0 Å². The van der Waals surface area contributed by atoms with Gasteiger partial charge in [-0.3, -0.25) is 9.59 Å². The van der Waals surface area contributed by atoms with Gasteiger partial charge >= 0.3 is 23.9 Å². The molecule has 0 saturated carbocycles. The van der Waals surface area contributed by atoms with Gasteiger partial charge in [-0.1, -0.05) is 27.0 Å². The zero-order chi connectivity index (χ0) is 29.6. The molecule has 0 amide bonds. The Morgan fingerprint density at radius 2 is 1.17 bits per heavy atom. The summed E-state index contributed by atoms with van der Waals surface area (Å²) < 4.78 is 33.0. The zero-order valence-corrected chi connectivity index (χ0v) is 23.1. The smallest absolute Gasteiger partial charge is 0.330 e. The molecule has 0 bridgehead atoms. The molecule has 216 valence electrons. The van der Waals surface area contributed by atoms with Crippen molar-refractivity contribution in [2.75, 3.05) is 26.4 Å². The van der Waals surface area contributed by atoms with E-state index in [2.05, 4.69) is 13.2 Å². The van der Waals surface area contributed by atoms with Crippen molar-refractivity contribution in [3.05, 3.63) is 71.8 Å². The van der Waals surface area contributed by atoms with Crippen molar-refractivity contribution < 1.29 is 47.6 Å². The van der Waals surface area contributed by atoms with Crippen molar-refractivity contribution in [1.29, 1.82) is 0 Å². The number of ether oxygens (including phenoxy) is 6. The fourth-order valence-electron chi connectivity index (χ4n) is 5.05. The molecule has 2 heterocycles. The van der Waals surface area contributed by atoms with Crippen LogP contribution in [0.5, 0.6) is 23.0 Å². The lowest BCUT2D eigenvalue weighted by Crippen LogP contribution is -2.43. The highest BCUT2D eigenvalue weighted by atomic mass is 16.6. The molecule has 2 aliphatic heterocycles. The third kappa shape index (κ3) is 6.26. The van der Waals surface area contributed by atoms with E-state index in [1.807, 2.05) is 26.0 Å². The maximum atomic E-state index is 13.0. The molecular formula is C31H32O10. The molecule has 2 aromatic carbocycles. The van der Waals surface area contributed by atoms with E-state index in [4.69, 9.17) is 28.4 Å². The number of hydrogen-bond acceptors (Lipinski definition) is 10. The van der Waals surface area contributed by atoms with Gasteiger partial charge in [0.2, 0.25) is 0 Å². The Kier molecular flexibility index (Phi) is 9.11. The molecule has 4 rings (SSSR count). The van der Waals surface area contributed by atoms with E-state index in [1.165, 1.54) is 0 Å². The van der Waals surface area contributed by atoms with Gasteiger partial charge in [-0.25, -0.2) is 9.59 Å². The van der Waals surface area contributed by atoms with E-state index in [9.17, 15) is 19.2 Å². The third-order valence-electron chi connectivity index (χ3n) is 6.96. The summed E-state index contributed by atoms with van der Waals surface area (Å²) in [5, 5.41) is 0. The molecule has 0 fully saturated rings. The molecule has 10 heteroatoms. The summed E-state index contributed by atoms with van der Waals surface area (Å²) in [6, 6.07) is 7.09. The molecule has 2 aliphatic rings. The van der Waals surface area contributed by atoms with E-state index >= 15 is 0 Å². The fraction of sp³-hybridized carbons (Fsp3) is 0.355. The van der Waals surface area contributed by atoms with E-state index in [0.29, 0.717) is 47.0 Å². The lowest BCUT2D eigenvalue weighted by atomic mass is 9.66. The van der Waals surface area contributed by atoms with E-state index in [-0.39, 0.29) is 39.3 Å².